The molecular formula is C13H21N3. The minimum absolute atomic E-state index is 0.270. The molecule has 1 heterocycles. The fraction of sp³-hybridized carbons (Fsp3) is 0.615. The van der Waals surface area contributed by atoms with Crippen molar-refractivity contribution in [3.63, 3.8) is 0 Å². The van der Waals surface area contributed by atoms with Crippen LogP contribution < -0.4 is 5.73 Å². The van der Waals surface area contributed by atoms with Crippen molar-refractivity contribution < 1.29 is 0 Å². The third-order valence-corrected chi connectivity index (χ3v) is 3.85. The van der Waals surface area contributed by atoms with Crippen molar-refractivity contribution in [3.05, 3.63) is 30.1 Å². The number of nitrogens with two attached hydrogens (primary N) is 1. The molecule has 0 spiro atoms. The Balaban J connectivity index is 2.31. The number of hydrogen-bond acceptors (Lipinski definition) is 3. The lowest BCUT2D eigenvalue weighted by Crippen LogP contribution is -2.47. The zero-order valence-corrected chi connectivity index (χ0v) is 10.2. The molecule has 0 bridgehead atoms. The Hall–Kier alpha value is -0.930. The van der Waals surface area contributed by atoms with Crippen molar-refractivity contribution >= 4 is 0 Å². The standard InChI is InChI=1S/C13H21N3/c1-16(2)12(11-5-3-8-15-9-11)13(10-14)6-4-7-13/h3,5,8-9,12H,4,6-7,10,14H2,1-2H3. The molecule has 1 unspecified atom stereocenters. The van der Waals surface area contributed by atoms with Gasteiger partial charge in [-0.15, -0.1) is 0 Å². The molecule has 0 aromatic carbocycles. The predicted octanol–water partition coefficient (Wildman–Crippen LogP) is 1.81. The molecule has 1 aromatic rings. The van der Waals surface area contributed by atoms with E-state index in [2.05, 4.69) is 30.0 Å². The first-order valence-electron chi connectivity index (χ1n) is 5.96. The van der Waals surface area contributed by atoms with Crippen molar-refractivity contribution in [2.75, 3.05) is 20.6 Å². The summed E-state index contributed by atoms with van der Waals surface area (Å²) in [4.78, 5) is 6.51. The van der Waals surface area contributed by atoms with Crippen LogP contribution >= 0.6 is 0 Å². The number of nitrogens with zero attached hydrogens (tertiary/aromatic N) is 2. The molecule has 88 valence electrons. The highest BCUT2D eigenvalue weighted by Gasteiger charge is 2.44. The third kappa shape index (κ3) is 1.85. The Morgan fingerprint density at radius 1 is 1.50 bits per heavy atom. The fourth-order valence-corrected chi connectivity index (χ4v) is 2.96. The van der Waals surface area contributed by atoms with Crippen LogP contribution in [0.3, 0.4) is 0 Å². The molecule has 2 N–H and O–H groups in total. The molecular weight excluding hydrogens is 198 g/mol. The highest BCUT2D eigenvalue weighted by Crippen LogP contribution is 2.51. The van der Waals surface area contributed by atoms with Gasteiger partial charge < -0.3 is 10.6 Å². The third-order valence-electron chi connectivity index (χ3n) is 3.85. The Bertz CT molecular complexity index is 325. The quantitative estimate of drug-likeness (QED) is 0.840. The van der Waals surface area contributed by atoms with Crippen molar-refractivity contribution in [1.82, 2.24) is 9.88 Å². The summed E-state index contributed by atoms with van der Waals surface area (Å²) in [5.74, 6) is 0. The van der Waals surface area contributed by atoms with Crippen molar-refractivity contribution in [2.24, 2.45) is 11.1 Å². The molecule has 16 heavy (non-hydrogen) atoms. The SMILES string of the molecule is CN(C)C(c1cccnc1)C1(CN)CCC1. The zero-order chi connectivity index (χ0) is 11.6. The topological polar surface area (TPSA) is 42.2 Å². The summed E-state index contributed by atoms with van der Waals surface area (Å²) in [6.45, 7) is 0.769. The Morgan fingerprint density at radius 2 is 2.25 bits per heavy atom. The maximum Gasteiger partial charge on any atom is 0.0425 e. The molecule has 0 amide bonds. The second-order valence-electron chi connectivity index (χ2n) is 5.07. The highest BCUT2D eigenvalue weighted by atomic mass is 15.1. The van der Waals surface area contributed by atoms with Crippen LogP contribution in [0.1, 0.15) is 30.9 Å². The van der Waals surface area contributed by atoms with Gasteiger partial charge in [0.25, 0.3) is 0 Å². The number of pyridine rings is 1. The highest BCUT2D eigenvalue weighted by molar-refractivity contribution is 5.19. The van der Waals surface area contributed by atoms with Crippen LogP contribution in [0.5, 0.6) is 0 Å². The molecule has 1 aromatic heterocycles. The van der Waals surface area contributed by atoms with E-state index in [9.17, 15) is 0 Å². The monoisotopic (exact) mass is 219 g/mol. The van der Waals surface area contributed by atoms with Crippen LogP contribution in [0.25, 0.3) is 0 Å². The molecule has 2 rings (SSSR count). The first-order valence-corrected chi connectivity index (χ1v) is 5.96. The van der Waals surface area contributed by atoms with Gasteiger partial charge in [0.05, 0.1) is 0 Å². The van der Waals surface area contributed by atoms with E-state index in [-0.39, 0.29) is 5.41 Å². The first kappa shape index (κ1) is 11.6. The normalized spacial score (nSPS) is 20.5. The van der Waals surface area contributed by atoms with E-state index in [1.807, 2.05) is 18.5 Å². The number of aromatic nitrogens is 1. The summed E-state index contributed by atoms with van der Waals surface area (Å²) in [6.07, 6.45) is 7.58. The molecule has 1 fully saturated rings. The van der Waals surface area contributed by atoms with Gasteiger partial charge >= 0.3 is 0 Å². The fourth-order valence-electron chi connectivity index (χ4n) is 2.96. The van der Waals surface area contributed by atoms with Gasteiger partial charge in [0.2, 0.25) is 0 Å². The zero-order valence-electron chi connectivity index (χ0n) is 10.2. The molecule has 1 atom stereocenters. The van der Waals surface area contributed by atoms with Crippen molar-refractivity contribution in [2.45, 2.75) is 25.3 Å². The number of rotatable bonds is 4. The summed E-state index contributed by atoms with van der Waals surface area (Å²) >= 11 is 0. The Morgan fingerprint density at radius 3 is 2.62 bits per heavy atom. The Labute approximate surface area is 97.7 Å². The lowest BCUT2D eigenvalue weighted by atomic mass is 9.62. The van der Waals surface area contributed by atoms with E-state index in [0.717, 1.165) is 6.54 Å². The summed E-state index contributed by atoms with van der Waals surface area (Å²) in [6, 6.07) is 4.57. The molecule has 3 nitrogen and oxygen atoms in total. The molecule has 0 radical (unpaired) electrons. The van der Waals surface area contributed by atoms with E-state index < -0.39 is 0 Å². The van der Waals surface area contributed by atoms with Gasteiger partial charge in [-0.05, 0) is 45.1 Å². The average Bonchev–Trinajstić information content (AvgIpc) is 2.24. The summed E-state index contributed by atoms with van der Waals surface area (Å²) in [5, 5.41) is 0. The maximum absolute atomic E-state index is 6.00. The smallest absolute Gasteiger partial charge is 0.0425 e. The summed E-state index contributed by atoms with van der Waals surface area (Å²) < 4.78 is 0. The van der Waals surface area contributed by atoms with Gasteiger partial charge in [-0.2, -0.15) is 0 Å². The molecule has 1 saturated carbocycles. The first-order chi connectivity index (χ1) is 7.69. The van der Waals surface area contributed by atoms with E-state index in [4.69, 9.17) is 5.73 Å². The minimum atomic E-state index is 0.270. The lowest BCUT2D eigenvalue weighted by molar-refractivity contribution is 0.0280. The van der Waals surface area contributed by atoms with Gasteiger partial charge in [0.15, 0.2) is 0 Å². The van der Waals surface area contributed by atoms with E-state index in [1.165, 1.54) is 24.8 Å². The largest absolute Gasteiger partial charge is 0.330 e. The van der Waals surface area contributed by atoms with Crippen molar-refractivity contribution in [1.29, 1.82) is 0 Å². The van der Waals surface area contributed by atoms with Gasteiger partial charge in [0, 0.05) is 23.9 Å². The molecule has 0 aliphatic heterocycles. The summed E-state index contributed by atoms with van der Waals surface area (Å²) in [7, 11) is 4.26. The van der Waals surface area contributed by atoms with E-state index >= 15 is 0 Å². The maximum atomic E-state index is 6.00. The second-order valence-corrected chi connectivity index (χ2v) is 5.07. The second kappa shape index (κ2) is 4.52. The van der Waals surface area contributed by atoms with Crippen LogP contribution in [0.4, 0.5) is 0 Å². The van der Waals surface area contributed by atoms with Crippen LogP contribution in [0, 0.1) is 5.41 Å². The van der Waals surface area contributed by atoms with Crippen LogP contribution in [0.15, 0.2) is 24.5 Å². The van der Waals surface area contributed by atoms with Gasteiger partial charge in [-0.25, -0.2) is 0 Å². The van der Waals surface area contributed by atoms with Crippen LogP contribution in [0.2, 0.25) is 0 Å². The van der Waals surface area contributed by atoms with Crippen LogP contribution in [-0.2, 0) is 0 Å². The van der Waals surface area contributed by atoms with Gasteiger partial charge in [-0.1, -0.05) is 12.5 Å². The Kier molecular flexibility index (Phi) is 3.26. The van der Waals surface area contributed by atoms with Gasteiger partial charge in [-0.3, -0.25) is 4.98 Å². The lowest BCUT2D eigenvalue weighted by Gasteiger charge is -2.49. The predicted molar refractivity (Wildman–Crippen MR) is 66.0 cm³/mol. The molecule has 0 saturated heterocycles. The van der Waals surface area contributed by atoms with E-state index in [1.54, 1.807) is 0 Å². The molecule has 3 heteroatoms. The number of hydrogen-bond donors (Lipinski definition) is 1. The molecule has 1 aliphatic carbocycles. The molecule has 1 aliphatic rings. The van der Waals surface area contributed by atoms with E-state index in [0.29, 0.717) is 6.04 Å². The van der Waals surface area contributed by atoms with Crippen molar-refractivity contribution in [3.8, 4) is 0 Å². The average molecular weight is 219 g/mol. The van der Waals surface area contributed by atoms with Gasteiger partial charge in [0.1, 0.15) is 0 Å². The summed E-state index contributed by atoms with van der Waals surface area (Å²) in [5.41, 5.74) is 7.56. The van der Waals surface area contributed by atoms with Crippen LogP contribution in [-0.4, -0.2) is 30.5 Å². The minimum Gasteiger partial charge on any atom is -0.330 e.